The molecule has 1 heterocycles. The van der Waals surface area contributed by atoms with Crippen LogP contribution in [0.5, 0.6) is 0 Å². The zero-order valence-corrected chi connectivity index (χ0v) is 9.13. The lowest BCUT2D eigenvalue weighted by Gasteiger charge is -2.18. The fourth-order valence-electron chi connectivity index (χ4n) is 1.75. The normalized spacial score (nSPS) is 24.9. The van der Waals surface area contributed by atoms with E-state index in [1.54, 1.807) is 0 Å². The number of carbonyl (C=O) groups excluding carboxylic acids is 1. The van der Waals surface area contributed by atoms with Crippen LogP contribution in [0.3, 0.4) is 0 Å². The molecule has 4 nitrogen and oxygen atoms in total. The summed E-state index contributed by atoms with van der Waals surface area (Å²) in [6, 6.07) is 0.232. The van der Waals surface area contributed by atoms with Crippen LogP contribution in [0.15, 0.2) is 0 Å². The molecule has 1 rings (SSSR count). The lowest BCUT2D eigenvalue weighted by Crippen LogP contribution is -2.37. The Bertz CT molecular complexity index is 201. The van der Waals surface area contributed by atoms with Gasteiger partial charge in [0.2, 0.25) is 5.91 Å². The smallest absolute Gasteiger partial charge is 0.217 e. The number of hydrogen-bond acceptors (Lipinski definition) is 3. The Morgan fingerprint density at radius 2 is 2.50 bits per heavy atom. The Morgan fingerprint density at radius 1 is 1.79 bits per heavy atom. The van der Waals surface area contributed by atoms with Gasteiger partial charge in [-0.25, -0.2) is 0 Å². The zero-order valence-electron chi connectivity index (χ0n) is 8.37. The van der Waals surface area contributed by atoms with Crippen molar-refractivity contribution in [1.82, 2.24) is 10.2 Å². The number of aliphatic hydroxyl groups is 1. The van der Waals surface area contributed by atoms with Gasteiger partial charge in [0.15, 0.2) is 0 Å². The maximum Gasteiger partial charge on any atom is 0.217 e. The number of carbonyl (C=O) groups is 1. The Kier molecular flexibility index (Phi) is 4.65. The van der Waals surface area contributed by atoms with Crippen molar-refractivity contribution < 1.29 is 9.90 Å². The lowest BCUT2D eigenvalue weighted by molar-refractivity contribution is -0.119. The van der Waals surface area contributed by atoms with E-state index < -0.39 is 6.10 Å². The first-order valence-electron chi connectivity index (χ1n) is 4.85. The third-order valence-electron chi connectivity index (χ3n) is 2.33. The van der Waals surface area contributed by atoms with Crippen LogP contribution in [0, 0.1) is 0 Å². The third-order valence-corrected chi connectivity index (χ3v) is 2.68. The van der Waals surface area contributed by atoms with Crippen LogP contribution in [0.25, 0.3) is 0 Å². The molecule has 0 saturated carbocycles. The van der Waals surface area contributed by atoms with Crippen molar-refractivity contribution in [2.24, 2.45) is 0 Å². The van der Waals surface area contributed by atoms with E-state index in [-0.39, 0.29) is 17.8 Å². The predicted octanol–water partition coefficient (Wildman–Crippen LogP) is -0.204. The average Bonchev–Trinajstić information content (AvgIpc) is 2.51. The summed E-state index contributed by atoms with van der Waals surface area (Å²) in [7, 11) is 0. The molecule has 0 aliphatic carbocycles. The van der Waals surface area contributed by atoms with E-state index in [1.807, 2.05) is 0 Å². The molecule has 0 bridgehead atoms. The summed E-state index contributed by atoms with van der Waals surface area (Å²) >= 11 is 5.50. The van der Waals surface area contributed by atoms with Crippen LogP contribution in [0.2, 0.25) is 0 Å². The summed E-state index contributed by atoms with van der Waals surface area (Å²) in [6.45, 7) is 3.85. The number of aliphatic hydroxyl groups excluding tert-OH is 1. The number of hydrogen-bond donors (Lipinski definition) is 2. The molecule has 1 aliphatic heterocycles. The van der Waals surface area contributed by atoms with E-state index >= 15 is 0 Å². The van der Waals surface area contributed by atoms with Gasteiger partial charge in [0.05, 0.1) is 6.10 Å². The molecule has 1 aliphatic rings. The highest BCUT2D eigenvalue weighted by atomic mass is 35.5. The highest BCUT2D eigenvalue weighted by Crippen LogP contribution is 2.09. The first kappa shape index (κ1) is 11.8. The van der Waals surface area contributed by atoms with Gasteiger partial charge in [0.25, 0.3) is 0 Å². The number of rotatable bonds is 4. The van der Waals surface area contributed by atoms with Crippen molar-refractivity contribution >= 4 is 17.5 Å². The van der Waals surface area contributed by atoms with Crippen molar-refractivity contribution in [2.75, 3.05) is 25.5 Å². The molecule has 0 aromatic heterocycles. The molecule has 14 heavy (non-hydrogen) atoms. The first-order valence-corrected chi connectivity index (χ1v) is 5.38. The summed E-state index contributed by atoms with van der Waals surface area (Å²) in [5.41, 5.74) is 0. The molecule has 1 amide bonds. The predicted molar refractivity (Wildman–Crippen MR) is 55.4 cm³/mol. The highest BCUT2D eigenvalue weighted by molar-refractivity contribution is 6.18. The van der Waals surface area contributed by atoms with Crippen molar-refractivity contribution in [1.29, 1.82) is 0 Å². The summed E-state index contributed by atoms with van der Waals surface area (Å²) in [5, 5.41) is 12.2. The Morgan fingerprint density at radius 3 is 3.07 bits per heavy atom. The maximum atomic E-state index is 10.8. The van der Waals surface area contributed by atoms with Gasteiger partial charge in [-0.15, -0.1) is 11.6 Å². The van der Waals surface area contributed by atoms with Gasteiger partial charge >= 0.3 is 0 Å². The second-order valence-corrected chi connectivity index (χ2v) is 4.06. The molecular weight excluding hydrogens is 204 g/mol. The molecule has 2 unspecified atom stereocenters. The van der Waals surface area contributed by atoms with Crippen LogP contribution in [0.1, 0.15) is 13.3 Å². The van der Waals surface area contributed by atoms with Gasteiger partial charge in [0.1, 0.15) is 0 Å². The van der Waals surface area contributed by atoms with Crippen LogP contribution in [0.4, 0.5) is 0 Å². The topological polar surface area (TPSA) is 52.6 Å². The zero-order chi connectivity index (χ0) is 10.6. The van der Waals surface area contributed by atoms with Crippen LogP contribution in [-0.2, 0) is 4.79 Å². The molecule has 0 spiro atoms. The van der Waals surface area contributed by atoms with E-state index in [1.165, 1.54) is 6.92 Å². The number of amides is 1. The molecular formula is C9H17ClN2O2. The number of halogens is 1. The highest BCUT2D eigenvalue weighted by Gasteiger charge is 2.23. The van der Waals surface area contributed by atoms with Gasteiger partial charge in [0, 0.05) is 38.5 Å². The second kappa shape index (κ2) is 5.53. The minimum atomic E-state index is -0.465. The Labute approximate surface area is 89.2 Å². The summed E-state index contributed by atoms with van der Waals surface area (Å²) in [5.74, 6) is 0.274. The SMILES string of the molecule is CC(=O)NC1CCN(CC(O)CCl)C1. The van der Waals surface area contributed by atoms with E-state index in [0.29, 0.717) is 6.54 Å². The van der Waals surface area contributed by atoms with Gasteiger partial charge < -0.3 is 10.4 Å². The lowest BCUT2D eigenvalue weighted by atomic mass is 10.2. The van der Waals surface area contributed by atoms with E-state index in [4.69, 9.17) is 11.6 Å². The second-order valence-electron chi connectivity index (χ2n) is 3.75. The van der Waals surface area contributed by atoms with E-state index in [0.717, 1.165) is 19.5 Å². The van der Waals surface area contributed by atoms with Gasteiger partial charge in [-0.1, -0.05) is 0 Å². The van der Waals surface area contributed by atoms with Crippen molar-refractivity contribution in [3.8, 4) is 0 Å². The quantitative estimate of drug-likeness (QED) is 0.645. The number of likely N-dealkylation sites (tertiary alicyclic amines) is 1. The fourth-order valence-corrected chi connectivity index (χ4v) is 1.85. The monoisotopic (exact) mass is 220 g/mol. The molecule has 0 radical (unpaired) electrons. The van der Waals surface area contributed by atoms with Crippen LogP contribution < -0.4 is 5.32 Å². The van der Waals surface area contributed by atoms with Crippen molar-refractivity contribution in [2.45, 2.75) is 25.5 Å². The first-order chi connectivity index (χ1) is 6.61. The molecule has 0 aromatic rings. The Hall–Kier alpha value is -0.320. The maximum absolute atomic E-state index is 10.8. The van der Waals surface area contributed by atoms with Gasteiger partial charge in [-0.3, -0.25) is 9.69 Å². The molecule has 1 fully saturated rings. The standard InChI is InChI=1S/C9H17ClN2O2/c1-7(13)11-8-2-3-12(5-8)6-9(14)4-10/h8-9,14H,2-6H2,1H3,(H,11,13). The molecule has 82 valence electrons. The summed E-state index contributed by atoms with van der Waals surface area (Å²) in [6.07, 6.45) is 0.488. The molecule has 0 aromatic carbocycles. The molecule has 2 N–H and O–H groups in total. The minimum absolute atomic E-state index is 0.00902. The number of alkyl halides is 1. The van der Waals surface area contributed by atoms with Crippen molar-refractivity contribution in [3.05, 3.63) is 0 Å². The molecule has 2 atom stereocenters. The molecule has 1 saturated heterocycles. The number of β-amino-alcohol motifs (C(OH)–C–C–N with tert-alkyl or cyclic N) is 1. The van der Waals surface area contributed by atoms with Gasteiger partial charge in [-0.05, 0) is 6.42 Å². The number of nitrogens with one attached hydrogen (secondary N) is 1. The third kappa shape index (κ3) is 3.82. The summed E-state index contributed by atoms with van der Waals surface area (Å²) < 4.78 is 0. The van der Waals surface area contributed by atoms with Gasteiger partial charge in [-0.2, -0.15) is 0 Å². The minimum Gasteiger partial charge on any atom is -0.391 e. The largest absolute Gasteiger partial charge is 0.391 e. The van der Waals surface area contributed by atoms with Crippen LogP contribution in [-0.4, -0.2) is 53.6 Å². The number of nitrogens with zero attached hydrogens (tertiary/aromatic N) is 1. The summed E-state index contributed by atoms with van der Waals surface area (Å²) in [4.78, 5) is 12.9. The van der Waals surface area contributed by atoms with Crippen molar-refractivity contribution in [3.63, 3.8) is 0 Å². The molecule has 5 heteroatoms. The van der Waals surface area contributed by atoms with E-state index in [9.17, 15) is 9.90 Å². The fraction of sp³-hybridized carbons (Fsp3) is 0.889. The van der Waals surface area contributed by atoms with E-state index in [2.05, 4.69) is 10.2 Å². The van der Waals surface area contributed by atoms with Crippen LogP contribution >= 0.6 is 11.6 Å². The average molecular weight is 221 g/mol. The Balaban J connectivity index is 2.23.